The molecule has 1 aliphatic heterocycles. The quantitative estimate of drug-likeness (QED) is 0.201. The van der Waals surface area contributed by atoms with Crippen LogP contribution < -0.4 is 11.4 Å². The molecule has 1 aliphatic rings. The maximum atomic E-state index is 12.0. The van der Waals surface area contributed by atoms with Crippen LogP contribution in [0, 0.1) is 0 Å². The van der Waals surface area contributed by atoms with Crippen molar-refractivity contribution in [2.45, 2.75) is 122 Å². The van der Waals surface area contributed by atoms with E-state index in [0.29, 0.717) is 12.2 Å². The Morgan fingerprint density at radius 3 is 2.06 bits per heavy atom. The number of nitrogens with zero attached hydrogens (tertiary/aromatic N) is 2. The maximum absolute atomic E-state index is 12.0. The van der Waals surface area contributed by atoms with E-state index in [9.17, 15) is 9.90 Å². The third kappa shape index (κ3) is 10.3. The standard InChI is InChI=1S/C27H47N3O4/c1-3-4-5-6-7-8-9-10-11-12-13-14-15-16-17-20-33-21-23-25(31)22(2)26(34-23)30-19-18-24(28)29-27(30)32/h18-19,23,25-26,31H,2-17,20-21H2,1H3,(H2,28,29,32)/t23-,25+,26-/m1/s1. The molecule has 3 atom stereocenters. The van der Waals surface area contributed by atoms with E-state index in [1.54, 1.807) is 0 Å². The van der Waals surface area contributed by atoms with Crippen molar-refractivity contribution in [3.63, 3.8) is 0 Å². The molecule has 0 saturated carbocycles. The van der Waals surface area contributed by atoms with Crippen LogP contribution >= 0.6 is 0 Å². The lowest BCUT2D eigenvalue weighted by Crippen LogP contribution is -2.28. The minimum absolute atomic E-state index is 0.147. The number of nitrogen functional groups attached to an aromatic ring is 1. The highest BCUT2D eigenvalue weighted by Gasteiger charge is 2.39. The van der Waals surface area contributed by atoms with Gasteiger partial charge < -0.3 is 20.3 Å². The molecule has 1 aromatic rings. The van der Waals surface area contributed by atoms with Gasteiger partial charge in [-0.25, -0.2) is 4.79 Å². The number of rotatable bonds is 19. The highest BCUT2D eigenvalue weighted by molar-refractivity contribution is 5.24. The van der Waals surface area contributed by atoms with E-state index in [2.05, 4.69) is 18.5 Å². The van der Waals surface area contributed by atoms with E-state index < -0.39 is 24.1 Å². The predicted octanol–water partition coefficient (Wildman–Crippen LogP) is 5.53. The molecule has 2 rings (SSSR count). The number of hydrogen-bond donors (Lipinski definition) is 2. The number of hydrogen-bond acceptors (Lipinski definition) is 6. The molecule has 1 aromatic heterocycles. The highest BCUT2D eigenvalue weighted by Crippen LogP contribution is 2.32. The predicted molar refractivity (Wildman–Crippen MR) is 138 cm³/mol. The topological polar surface area (TPSA) is 99.6 Å². The van der Waals surface area contributed by atoms with Crippen LogP contribution in [0.15, 0.2) is 29.2 Å². The lowest BCUT2D eigenvalue weighted by molar-refractivity contribution is -0.0630. The summed E-state index contributed by atoms with van der Waals surface area (Å²) >= 11 is 0. The second-order valence-electron chi connectivity index (χ2n) is 9.61. The minimum Gasteiger partial charge on any atom is -0.386 e. The second-order valence-corrected chi connectivity index (χ2v) is 9.61. The van der Waals surface area contributed by atoms with E-state index in [1.807, 2.05) is 0 Å². The van der Waals surface area contributed by atoms with Gasteiger partial charge in [-0.3, -0.25) is 4.57 Å². The Morgan fingerprint density at radius 1 is 1.00 bits per heavy atom. The Labute approximate surface area is 205 Å². The summed E-state index contributed by atoms with van der Waals surface area (Å²) in [5.41, 5.74) is 5.43. The zero-order chi connectivity index (χ0) is 24.6. The van der Waals surface area contributed by atoms with Gasteiger partial charge in [0.25, 0.3) is 0 Å². The van der Waals surface area contributed by atoms with Crippen molar-refractivity contribution in [1.29, 1.82) is 0 Å². The first-order valence-corrected chi connectivity index (χ1v) is 13.5. The van der Waals surface area contributed by atoms with Gasteiger partial charge in [0.05, 0.1) is 6.61 Å². The van der Waals surface area contributed by atoms with Gasteiger partial charge in [0, 0.05) is 18.4 Å². The molecule has 0 radical (unpaired) electrons. The van der Waals surface area contributed by atoms with Crippen molar-refractivity contribution in [2.75, 3.05) is 18.9 Å². The van der Waals surface area contributed by atoms with E-state index in [1.165, 1.54) is 100 Å². The number of nitrogens with two attached hydrogens (primary N) is 1. The third-order valence-electron chi connectivity index (χ3n) is 6.63. The van der Waals surface area contributed by atoms with Crippen LogP contribution in [0.4, 0.5) is 5.82 Å². The molecule has 0 aromatic carbocycles. The molecule has 1 fully saturated rings. The van der Waals surface area contributed by atoms with Crippen LogP contribution in [-0.4, -0.2) is 40.1 Å². The van der Waals surface area contributed by atoms with Crippen molar-refractivity contribution in [3.8, 4) is 0 Å². The van der Waals surface area contributed by atoms with Gasteiger partial charge in [0.2, 0.25) is 0 Å². The second kappa shape index (κ2) is 16.8. The molecule has 0 aliphatic carbocycles. The average molecular weight is 478 g/mol. The molecule has 2 heterocycles. The maximum Gasteiger partial charge on any atom is 0.351 e. The molecule has 0 amide bonds. The van der Waals surface area contributed by atoms with Crippen LogP contribution in [-0.2, 0) is 9.47 Å². The Hall–Kier alpha value is -1.70. The van der Waals surface area contributed by atoms with Crippen molar-refractivity contribution in [1.82, 2.24) is 9.55 Å². The summed E-state index contributed by atoms with van der Waals surface area (Å²) in [5, 5.41) is 10.4. The number of anilines is 1. The van der Waals surface area contributed by atoms with Gasteiger partial charge in [-0.1, -0.05) is 103 Å². The summed E-state index contributed by atoms with van der Waals surface area (Å²) in [6.07, 6.45) is 19.3. The van der Waals surface area contributed by atoms with Crippen LogP contribution in [0.25, 0.3) is 0 Å². The van der Waals surface area contributed by atoms with Gasteiger partial charge in [-0.15, -0.1) is 0 Å². The lowest BCUT2D eigenvalue weighted by atomic mass is 10.0. The molecule has 194 valence electrons. The molecule has 7 heteroatoms. The van der Waals surface area contributed by atoms with E-state index in [4.69, 9.17) is 15.2 Å². The number of aromatic nitrogens is 2. The Balaban J connectivity index is 1.44. The normalized spacial score (nSPS) is 20.3. The van der Waals surface area contributed by atoms with Gasteiger partial charge >= 0.3 is 5.69 Å². The summed E-state index contributed by atoms with van der Waals surface area (Å²) in [6, 6.07) is 1.52. The number of ether oxygens (including phenoxy) is 2. The molecular formula is C27H47N3O4. The molecule has 7 nitrogen and oxygen atoms in total. The van der Waals surface area contributed by atoms with E-state index in [-0.39, 0.29) is 12.4 Å². The third-order valence-corrected chi connectivity index (χ3v) is 6.63. The first-order chi connectivity index (χ1) is 16.5. The van der Waals surface area contributed by atoms with Crippen molar-refractivity contribution >= 4 is 5.82 Å². The fraction of sp³-hybridized carbons (Fsp3) is 0.778. The molecule has 3 N–H and O–H groups in total. The van der Waals surface area contributed by atoms with E-state index in [0.717, 1.165) is 12.8 Å². The van der Waals surface area contributed by atoms with Crippen LogP contribution in [0.2, 0.25) is 0 Å². The molecular weight excluding hydrogens is 430 g/mol. The van der Waals surface area contributed by atoms with Crippen molar-refractivity contribution in [3.05, 3.63) is 34.9 Å². The number of unbranched alkanes of at least 4 members (excludes halogenated alkanes) is 14. The van der Waals surface area contributed by atoms with Crippen molar-refractivity contribution < 1.29 is 14.6 Å². The number of aliphatic hydroxyl groups excluding tert-OH is 1. The molecule has 0 bridgehead atoms. The monoisotopic (exact) mass is 477 g/mol. The van der Waals surface area contributed by atoms with Gasteiger partial charge in [0.15, 0.2) is 6.23 Å². The summed E-state index contributed by atoms with van der Waals surface area (Å²) < 4.78 is 12.9. The smallest absolute Gasteiger partial charge is 0.351 e. The van der Waals surface area contributed by atoms with Gasteiger partial charge in [-0.05, 0) is 12.5 Å². The Kier molecular flexibility index (Phi) is 14.1. The molecule has 0 unspecified atom stereocenters. The lowest BCUT2D eigenvalue weighted by Gasteiger charge is -2.15. The Morgan fingerprint density at radius 2 is 1.53 bits per heavy atom. The molecule has 0 spiro atoms. The van der Waals surface area contributed by atoms with Gasteiger partial charge in [-0.2, -0.15) is 4.98 Å². The largest absolute Gasteiger partial charge is 0.386 e. The molecule has 1 saturated heterocycles. The van der Waals surface area contributed by atoms with E-state index >= 15 is 0 Å². The summed E-state index contributed by atoms with van der Waals surface area (Å²) in [7, 11) is 0. The number of aliphatic hydroxyl groups is 1. The first-order valence-electron chi connectivity index (χ1n) is 13.5. The first kappa shape index (κ1) is 28.5. The summed E-state index contributed by atoms with van der Waals surface area (Å²) in [4.78, 5) is 15.8. The zero-order valence-corrected chi connectivity index (χ0v) is 21.3. The fourth-order valence-electron chi connectivity index (χ4n) is 4.47. The van der Waals surface area contributed by atoms with Crippen molar-refractivity contribution in [2.24, 2.45) is 0 Å². The van der Waals surface area contributed by atoms with Crippen LogP contribution in [0.1, 0.15) is 109 Å². The Bertz CT molecular complexity index is 752. The average Bonchev–Trinajstić information content (AvgIpc) is 3.09. The van der Waals surface area contributed by atoms with Gasteiger partial charge in [0.1, 0.15) is 18.0 Å². The zero-order valence-electron chi connectivity index (χ0n) is 21.3. The highest BCUT2D eigenvalue weighted by atomic mass is 16.6. The van der Waals surface area contributed by atoms with Crippen LogP contribution in [0.3, 0.4) is 0 Å². The fourth-order valence-corrected chi connectivity index (χ4v) is 4.47. The minimum atomic E-state index is -0.879. The van der Waals surface area contributed by atoms with Crippen LogP contribution in [0.5, 0.6) is 0 Å². The summed E-state index contributed by atoms with van der Waals surface area (Å²) in [5.74, 6) is 0.147. The summed E-state index contributed by atoms with van der Waals surface area (Å²) in [6.45, 7) is 7.07. The molecule has 34 heavy (non-hydrogen) atoms. The SMILES string of the molecule is C=C1[C@H](n2ccc(N)nc2=O)O[C@H](COCCCCCCCCCCCCCCCCC)[C@H]1O.